The van der Waals surface area contributed by atoms with E-state index in [1.54, 1.807) is 12.1 Å². The summed E-state index contributed by atoms with van der Waals surface area (Å²) in [5.41, 5.74) is 10.3. The topological polar surface area (TPSA) is 57.4 Å². The summed E-state index contributed by atoms with van der Waals surface area (Å²) in [6, 6.07) is 56.3. The maximum atomic E-state index is 14.8. The number of nitrogens with zero attached hydrogens (tertiary/aromatic N) is 4. The summed E-state index contributed by atoms with van der Waals surface area (Å²) in [5, 5.41) is 24.8. The second-order valence-corrected chi connectivity index (χ2v) is 15.3. The molecule has 0 saturated carbocycles. The highest BCUT2D eigenvalue weighted by atomic mass is 19.4. The average molecular weight is 783 g/mol. The lowest BCUT2D eigenvalue weighted by molar-refractivity contribution is -0.137. The van der Waals surface area contributed by atoms with Gasteiger partial charge < -0.3 is 9.13 Å². The molecule has 2 heterocycles. The monoisotopic (exact) mass is 782 g/mol. The number of alkyl halides is 3. The lowest BCUT2D eigenvalue weighted by Gasteiger charge is -2.22. The zero-order chi connectivity index (χ0) is 41.3. The molecule has 0 unspecified atom stereocenters. The van der Waals surface area contributed by atoms with Crippen molar-refractivity contribution in [1.29, 1.82) is 10.5 Å². The highest BCUT2D eigenvalue weighted by molar-refractivity contribution is 6.13. The van der Waals surface area contributed by atoms with Crippen molar-refractivity contribution in [2.24, 2.45) is 0 Å². The van der Waals surface area contributed by atoms with Crippen LogP contribution < -0.4 is 0 Å². The lowest BCUT2D eigenvalue weighted by Crippen LogP contribution is -2.08. The first-order chi connectivity index (χ1) is 29.1. The van der Waals surface area contributed by atoms with Gasteiger partial charge in [-0.15, -0.1) is 0 Å². The standard InChI is InChI=1S/C53H33F3N4/c1-32-9-7-11-36(21-32)38-17-19-44-42-13-3-5-15-46(42)59(48(44)28-38)50-25-35(31-58)26-51(52(50)40-23-34(30-57)24-41(27-40)53(54,55)56)60-47-16-6-4-14-43(47)45-20-18-39(29-49(45)60)37-12-8-10-33(2)22-37/h3-29H,1-2H3. The summed E-state index contributed by atoms with van der Waals surface area (Å²) in [6.07, 6.45) is -4.74. The van der Waals surface area contributed by atoms with Crippen LogP contribution in [-0.4, -0.2) is 9.13 Å². The molecule has 0 spiro atoms. The molecule has 10 aromatic rings. The van der Waals surface area contributed by atoms with Crippen LogP contribution in [0.25, 0.3) is 88.4 Å². The van der Waals surface area contributed by atoms with Gasteiger partial charge in [-0.2, -0.15) is 23.7 Å². The van der Waals surface area contributed by atoms with Gasteiger partial charge in [0.2, 0.25) is 0 Å². The molecule has 2 aromatic heterocycles. The molecular weight excluding hydrogens is 750 g/mol. The van der Waals surface area contributed by atoms with E-state index in [4.69, 9.17) is 0 Å². The van der Waals surface area contributed by atoms with E-state index in [-0.39, 0.29) is 11.1 Å². The van der Waals surface area contributed by atoms with Crippen LogP contribution in [0.2, 0.25) is 0 Å². The van der Waals surface area contributed by atoms with Crippen LogP contribution in [0.4, 0.5) is 13.2 Å². The van der Waals surface area contributed by atoms with E-state index in [9.17, 15) is 23.7 Å². The quantitative estimate of drug-likeness (QED) is 0.175. The van der Waals surface area contributed by atoms with Crippen LogP contribution in [-0.2, 0) is 6.18 Å². The van der Waals surface area contributed by atoms with Crippen LogP contribution in [0, 0.1) is 36.5 Å². The van der Waals surface area contributed by atoms with E-state index in [1.807, 2.05) is 92.7 Å². The van der Waals surface area contributed by atoms with E-state index in [1.165, 1.54) is 6.07 Å². The molecule has 10 rings (SSSR count). The van der Waals surface area contributed by atoms with Gasteiger partial charge in [0.1, 0.15) is 0 Å². The van der Waals surface area contributed by atoms with Crippen LogP contribution in [0.3, 0.4) is 0 Å². The SMILES string of the molecule is Cc1cccc(-c2ccc3c4ccccc4n(-c4cc(C#N)cc(-n5c6ccccc6c6ccc(-c7cccc(C)c7)cc65)c4-c4cc(C#N)cc(C(F)(F)F)c4)c3c2)c1. The first-order valence-electron chi connectivity index (χ1n) is 19.5. The molecule has 0 saturated heterocycles. The minimum absolute atomic E-state index is 0.131. The molecule has 0 aliphatic rings. The van der Waals surface area contributed by atoms with Gasteiger partial charge in [-0.05, 0) is 96.3 Å². The maximum Gasteiger partial charge on any atom is 0.416 e. The predicted molar refractivity (Wildman–Crippen MR) is 235 cm³/mol. The molecule has 4 nitrogen and oxygen atoms in total. The van der Waals surface area contributed by atoms with Crippen LogP contribution in [0.1, 0.15) is 27.8 Å². The molecule has 8 aromatic carbocycles. The molecule has 0 bridgehead atoms. The Kier molecular flexibility index (Phi) is 8.45. The fourth-order valence-electron chi connectivity index (χ4n) is 8.79. The second kappa shape index (κ2) is 13.9. The van der Waals surface area contributed by atoms with E-state index in [0.29, 0.717) is 22.5 Å². The van der Waals surface area contributed by atoms with Crippen LogP contribution in [0.5, 0.6) is 0 Å². The molecule has 0 radical (unpaired) electrons. The number of para-hydroxylation sites is 2. The summed E-state index contributed by atoms with van der Waals surface area (Å²) in [4.78, 5) is 0. The van der Waals surface area contributed by atoms with Crippen LogP contribution in [0.15, 0.2) is 164 Å². The van der Waals surface area contributed by atoms with Gasteiger partial charge in [-0.1, -0.05) is 120 Å². The Morgan fingerprint density at radius 1 is 0.417 bits per heavy atom. The van der Waals surface area contributed by atoms with E-state index >= 15 is 0 Å². The van der Waals surface area contributed by atoms with Crippen molar-refractivity contribution in [3.63, 3.8) is 0 Å². The highest BCUT2D eigenvalue weighted by Crippen LogP contribution is 2.45. The van der Waals surface area contributed by atoms with Gasteiger partial charge in [-0.25, -0.2) is 0 Å². The number of hydrogen-bond donors (Lipinski definition) is 0. The maximum absolute atomic E-state index is 14.8. The number of rotatable bonds is 5. The third-order valence-corrected chi connectivity index (χ3v) is 11.4. The van der Waals surface area contributed by atoms with Gasteiger partial charge in [0.25, 0.3) is 0 Å². The Bertz CT molecular complexity index is 3300. The fourth-order valence-corrected chi connectivity index (χ4v) is 8.79. The van der Waals surface area contributed by atoms with E-state index in [0.717, 1.165) is 89.1 Å². The minimum Gasteiger partial charge on any atom is -0.308 e. The average Bonchev–Trinajstić information content (AvgIpc) is 3.77. The van der Waals surface area contributed by atoms with Crippen molar-refractivity contribution in [2.75, 3.05) is 0 Å². The normalized spacial score (nSPS) is 11.7. The van der Waals surface area contributed by atoms with Gasteiger partial charge in [0.15, 0.2) is 0 Å². The Balaban J connectivity index is 1.39. The summed E-state index contributed by atoms with van der Waals surface area (Å²) < 4.78 is 48.5. The molecule has 0 aliphatic heterocycles. The third-order valence-electron chi connectivity index (χ3n) is 11.4. The molecule has 0 atom stereocenters. The number of aryl methyl sites for hydroxylation is 2. The number of aromatic nitrogens is 2. The Morgan fingerprint density at radius 3 is 1.33 bits per heavy atom. The number of fused-ring (bicyclic) bond motifs is 6. The summed E-state index contributed by atoms with van der Waals surface area (Å²) in [7, 11) is 0. The molecule has 286 valence electrons. The summed E-state index contributed by atoms with van der Waals surface area (Å²) >= 11 is 0. The molecule has 0 aliphatic carbocycles. The molecule has 0 N–H and O–H groups in total. The van der Waals surface area contributed by atoms with Crippen molar-refractivity contribution in [1.82, 2.24) is 9.13 Å². The Hall–Kier alpha value is -7.87. The Morgan fingerprint density at radius 2 is 0.867 bits per heavy atom. The third kappa shape index (κ3) is 5.99. The molecule has 7 heteroatoms. The zero-order valence-electron chi connectivity index (χ0n) is 32.5. The molecule has 60 heavy (non-hydrogen) atoms. The minimum atomic E-state index is -4.74. The van der Waals surface area contributed by atoms with Crippen molar-refractivity contribution in [3.05, 3.63) is 192 Å². The first kappa shape index (κ1) is 36.5. The van der Waals surface area contributed by atoms with Crippen molar-refractivity contribution < 1.29 is 13.2 Å². The number of halogens is 3. The number of benzene rings is 8. The molecular formula is C53H33F3N4. The lowest BCUT2D eigenvalue weighted by atomic mass is 9.94. The largest absolute Gasteiger partial charge is 0.416 e. The van der Waals surface area contributed by atoms with Gasteiger partial charge >= 0.3 is 6.18 Å². The number of hydrogen-bond acceptors (Lipinski definition) is 2. The van der Waals surface area contributed by atoms with Gasteiger partial charge in [0, 0.05) is 27.1 Å². The fraction of sp³-hybridized carbons (Fsp3) is 0.0566. The second-order valence-electron chi connectivity index (χ2n) is 15.3. The first-order valence-corrected chi connectivity index (χ1v) is 19.5. The van der Waals surface area contributed by atoms with Crippen molar-refractivity contribution >= 4 is 43.6 Å². The summed E-state index contributed by atoms with van der Waals surface area (Å²) in [5.74, 6) is 0. The zero-order valence-corrected chi connectivity index (χ0v) is 32.5. The predicted octanol–water partition coefficient (Wildman–Crippen LogP) is 14.3. The smallest absolute Gasteiger partial charge is 0.308 e. The van der Waals surface area contributed by atoms with Gasteiger partial charge in [-0.3, -0.25) is 0 Å². The van der Waals surface area contributed by atoms with E-state index < -0.39 is 11.7 Å². The van der Waals surface area contributed by atoms with Gasteiger partial charge in [0.05, 0.1) is 62.3 Å². The Labute approximate surface area is 343 Å². The van der Waals surface area contributed by atoms with Crippen molar-refractivity contribution in [2.45, 2.75) is 20.0 Å². The number of nitriles is 2. The van der Waals surface area contributed by atoms with Crippen molar-refractivity contribution in [3.8, 4) is 56.9 Å². The summed E-state index contributed by atoms with van der Waals surface area (Å²) in [6.45, 7) is 4.09. The molecule has 0 amide bonds. The molecule has 0 fully saturated rings. The van der Waals surface area contributed by atoms with Crippen LogP contribution >= 0.6 is 0 Å². The highest BCUT2D eigenvalue weighted by Gasteiger charge is 2.33. The van der Waals surface area contributed by atoms with E-state index in [2.05, 4.69) is 75.9 Å².